The van der Waals surface area contributed by atoms with Gasteiger partial charge in [-0.3, -0.25) is 4.98 Å². The molecule has 0 bridgehead atoms. The van der Waals surface area contributed by atoms with Gasteiger partial charge in [0, 0.05) is 14.1 Å². The highest BCUT2D eigenvalue weighted by Gasteiger charge is 2.17. The van der Waals surface area contributed by atoms with Crippen molar-refractivity contribution in [2.24, 2.45) is 5.92 Å². The van der Waals surface area contributed by atoms with Crippen LogP contribution in [0.3, 0.4) is 0 Å². The van der Waals surface area contributed by atoms with E-state index in [9.17, 15) is 0 Å². The lowest BCUT2D eigenvalue weighted by Crippen LogP contribution is -2.23. The molecule has 3 aromatic rings. The van der Waals surface area contributed by atoms with Gasteiger partial charge in [0.05, 0.1) is 5.44 Å². The first-order valence-corrected chi connectivity index (χ1v) is 9.43. The molecule has 0 atom stereocenters. The van der Waals surface area contributed by atoms with Crippen molar-refractivity contribution in [3.05, 3.63) is 84.6 Å². The van der Waals surface area contributed by atoms with Gasteiger partial charge in [0.2, 0.25) is 0 Å². The molecule has 2 aromatic carbocycles. The summed E-state index contributed by atoms with van der Waals surface area (Å²) in [5.41, 5.74) is 2.57. The van der Waals surface area contributed by atoms with Crippen molar-refractivity contribution < 1.29 is 0 Å². The Hall–Kier alpha value is -1.98. The average Bonchev–Trinajstić information content (AvgIpc) is 2.57. The number of benzene rings is 2. The smallest absolute Gasteiger partial charge is 0.0723 e. The SMILES string of the molecule is CC(C)Cc1ccnc(P(c2ccccc2)c2ccccc2)c1. The van der Waals surface area contributed by atoms with Crippen LogP contribution in [0.15, 0.2) is 79.0 Å². The highest BCUT2D eigenvalue weighted by molar-refractivity contribution is 7.79. The largest absolute Gasteiger partial charge is 0.256 e. The van der Waals surface area contributed by atoms with Crippen LogP contribution in [0.4, 0.5) is 0 Å². The Labute approximate surface area is 140 Å². The van der Waals surface area contributed by atoms with Crippen molar-refractivity contribution in [2.45, 2.75) is 20.3 Å². The second-order valence-electron chi connectivity index (χ2n) is 6.13. The summed E-state index contributed by atoms with van der Waals surface area (Å²) >= 11 is 0. The summed E-state index contributed by atoms with van der Waals surface area (Å²) in [4.78, 5) is 4.73. The first kappa shape index (κ1) is 15.9. The summed E-state index contributed by atoms with van der Waals surface area (Å²) in [7, 11) is -0.598. The number of rotatable bonds is 5. The van der Waals surface area contributed by atoms with Crippen molar-refractivity contribution in [1.82, 2.24) is 4.98 Å². The van der Waals surface area contributed by atoms with Gasteiger partial charge in [0.15, 0.2) is 0 Å². The number of hydrogen-bond acceptors (Lipinski definition) is 1. The van der Waals surface area contributed by atoms with E-state index >= 15 is 0 Å². The van der Waals surface area contributed by atoms with Crippen LogP contribution in [-0.4, -0.2) is 4.98 Å². The highest BCUT2D eigenvalue weighted by atomic mass is 31.1. The Morgan fingerprint density at radius 1 is 0.826 bits per heavy atom. The molecule has 0 fully saturated rings. The predicted molar refractivity (Wildman–Crippen MR) is 101 cm³/mol. The summed E-state index contributed by atoms with van der Waals surface area (Å²) in [5.74, 6) is 0.657. The maximum atomic E-state index is 4.73. The zero-order chi connectivity index (χ0) is 16.1. The van der Waals surface area contributed by atoms with E-state index in [1.165, 1.54) is 21.6 Å². The highest BCUT2D eigenvalue weighted by Crippen LogP contribution is 2.31. The first-order chi connectivity index (χ1) is 11.2. The van der Waals surface area contributed by atoms with Crippen molar-refractivity contribution >= 4 is 24.0 Å². The molecule has 0 saturated heterocycles. The van der Waals surface area contributed by atoms with Gasteiger partial charge in [-0.1, -0.05) is 74.5 Å². The van der Waals surface area contributed by atoms with Crippen LogP contribution in [-0.2, 0) is 6.42 Å². The summed E-state index contributed by atoms with van der Waals surface area (Å²) in [5, 5.41) is 2.70. The summed E-state index contributed by atoms with van der Waals surface area (Å²) in [6, 6.07) is 25.9. The van der Waals surface area contributed by atoms with E-state index < -0.39 is 7.92 Å². The zero-order valence-corrected chi connectivity index (χ0v) is 14.6. The number of pyridine rings is 1. The number of nitrogens with zero attached hydrogens (tertiary/aromatic N) is 1. The maximum absolute atomic E-state index is 4.73. The van der Waals surface area contributed by atoms with Gasteiger partial charge >= 0.3 is 0 Å². The maximum Gasteiger partial charge on any atom is 0.0723 e. The molecule has 0 aliphatic carbocycles. The number of aromatic nitrogens is 1. The van der Waals surface area contributed by atoms with Gasteiger partial charge in [0.25, 0.3) is 0 Å². The summed E-state index contributed by atoms with van der Waals surface area (Å²) < 4.78 is 0. The molecule has 0 unspecified atom stereocenters. The van der Waals surface area contributed by atoms with Gasteiger partial charge in [-0.2, -0.15) is 0 Å². The van der Waals surface area contributed by atoms with Crippen molar-refractivity contribution in [1.29, 1.82) is 0 Å². The van der Waals surface area contributed by atoms with Gasteiger partial charge in [-0.05, 0) is 40.6 Å². The van der Waals surface area contributed by atoms with Crippen LogP contribution in [0.1, 0.15) is 19.4 Å². The van der Waals surface area contributed by atoms with Gasteiger partial charge < -0.3 is 0 Å². The van der Waals surface area contributed by atoms with E-state index in [1.54, 1.807) is 0 Å². The third-order valence-electron chi connectivity index (χ3n) is 3.71. The van der Waals surface area contributed by atoms with E-state index in [0.29, 0.717) is 5.92 Å². The quantitative estimate of drug-likeness (QED) is 0.647. The molecule has 1 heterocycles. The second-order valence-corrected chi connectivity index (χ2v) is 8.29. The predicted octanol–water partition coefficient (Wildman–Crippen LogP) is 4.04. The van der Waals surface area contributed by atoms with Crippen LogP contribution >= 0.6 is 7.92 Å². The Morgan fingerprint density at radius 2 is 1.39 bits per heavy atom. The minimum Gasteiger partial charge on any atom is -0.256 e. The standard InChI is InChI=1S/C21H22NP/c1-17(2)15-18-13-14-22-21(16-18)23(19-9-5-3-6-10-19)20-11-7-4-8-12-20/h3-14,16-17H,15H2,1-2H3. The van der Waals surface area contributed by atoms with E-state index in [1.807, 2.05) is 6.20 Å². The Kier molecular flexibility index (Phi) is 5.20. The van der Waals surface area contributed by atoms with E-state index in [-0.39, 0.29) is 0 Å². The summed E-state index contributed by atoms with van der Waals surface area (Å²) in [6.07, 6.45) is 3.07. The topological polar surface area (TPSA) is 12.9 Å². The molecular formula is C21H22NP. The molecule has 0 amide bonds. The van der Waals surface area contributed by atoms with Crippen molar-refractivity contribution in [3.63, 3.8) is 0 Å². The zero-order valence-electron chi connectivity index (χ0n) is 13.7. The molecule has 0 N–H and O–H groups in total. The molecule has 1 nitrogen and oxygen atoms in total. The third-order valence-corrected chi connectivity index (χ3v) is 6.04. The first-order valence-electron chi connectivity index (χ1n) is 8.09. The van der Waals surface area contributed by atoms with Crippen LogP contribution < -0.4 is 16.0 Å². The lowest BCUT2D eigenvalue weighted by Gasteiger charge is -2.19. The van der Waals surface area contributed by atoms with Crippen molar-refractivity contribution in [3.8, 4) is 0 Å². The van der Waals surface area contributed by atoms with Crippen LogP contribution in [0.5, 0.6) is 0 Å². The summed E-state index contributed by atoms with van der Waals surface area (Å²) in [6.45, 7) is 4.52. The van der Waals surface area contributed by atoms with Crippen LogP contribution in [0, 0.1) is 5.92 Å². The minimum atomic E-state index is -0.598. The van der Waals surface area contributed by atoms with Gasteiger partial charge in [-0.15, -0.1) is 0 Å². The molecule has 0 radical (unpaired) electrons. The lowest BCUT2D eigenvalue weighted by atomic mass is 10.0. The van der Waals surface area contributed by atoms with E-state index in [2.05, 4.69) is 86.6 Å². The molecule has 116 valence electrons. The molecule has 0 aliphatic heterocycles. The Bertz CT molecular complexity index is 699. The average molecular weight is 319 g/mol. The Morgan fingerprint density at radius 3 is 1.91 bits per heavy atom. The third kappa shape index (κ3) is 4.06. The van der Waals surface area contributed by atoms with Gasteiger partial charge in [0.1, 0.15) is 0 Å². The van der Waals surface area contributed by atoms with E-state index in [0.717, 1.165) is 6.42 Å². The normalized spacial score (nSPS) is 11.1. The van der Waals surface area contributed by atoms with Crippen LogP contribution in [0.25, 0.3) is 0 Å². The molecule has 23 heavy (non-hydrogen) atoms. The fourth-order valence-corrected chi connectivity index (χ4v) is 4.99. The Balaban J connectivity index is 2.06. The molecule has 2 heteroatoms. The van der Waals surface area contributed by atoms with Gasteiger partial charge in [-0.25, -0.2) is 0 Å². The van der Waals surface area contributed by atoms with Crippen molar-refractivity contribution in [2.75, 3.05) is 0 Å². The lowest BCUT2D eigenvalue weighted by molar-refractivity contribution is 0.647. The molecule has 0 saturated carbocycles. The molecule has 0 aliphatic rings. The minimum absolute atomic E-state index is 0.598. The fourth-order valence-electron chi connectivity index (χ4n) is 2.75. The fraction of sp³-hybridized carbons (Fsp3) is 0.190. The van der Waals surface area contributed by atoms with Crippen LogP contribution in [0.2, 0.25) is 0 Å². The molecular weight excluding hydrogens is 297 g/mol. The monoisotopic (exact) mass is 319 g/mol. The second kappa shape index (κ2) is 7.53. The van der Waals surface area contributed by atoms with E-state index in [4.69, 9.17) is 4.98 Å². The molecule has 0 spiro atoms. The molecule has 1 aromatic heterocycles. The number of hydrogen-bond donors (Lipinski definition) is 0. The molecule has 3 rings (SSSR count).